The lowest BCUT2D eigenvalue weighted by Gasteiger charge is -2.19. The number of rotatable bonds is 7. The van der Waals surface area contributed by atoms with Crippen molar-refractivity contribution in [3.8, 4) is 11.3 Å². The molecule has 0 aliphatic heterocycles. The number of carbonyl (C=O) groups is 1. The first-order valence-corrected chi connectivity index (χ1v) is 12.7. The van der Waals surface area contributed by atoms with Crippen molar-refractivity contribution >= 4 is 45.7 Å². The van der Waals surface area contributed by atoms with Crippen LogP contribution < -0.4 is 10.6 Å². The van der Waals surface area contributed by atoms with Gasteiger partial charge >= 0.3 is 0 Å². The molecule has 0 radical (unpaired) electrons. The maximum absolute atomic E-state index is 12.8. The van der Waals surface area contributed by atoms with Crippen molar-refractivity contribution < 1.29 is 4.79 Å². The molecule has 0 aliphatic rings. The number of anilines is 3. The van der Waals surface area contributed by atoms with Crippen molar-refractivity contribution in [2.24, 2.45) is 0 Å². The number of amides is 1. The molecule has 6 nitrogen and oxygen atoms in total. The van der Waals surface area contributed by atoms with Gasteiger partial charge in [0.25, 0.3) is 5.91 Å². The molecule has 0 spiro atoms. The second-order valence-electron chi connectivity index (χ2n) is 9.43. The maximum atomic E-state index is 12.8. The molecule has 2 N–H and O–H groups in total. The SMILES string of the molecule is Cc1cc(Nc2nc(-c3ccc(Cl)cc3)c3ccccc3n2)c(CN(C)C)cc1NC(=O)c1ccccc1. The molecule has 5 aromatic rings. The second kappa shape index (κ2) is 11.0. The van der Waals surface area contributed by atoms with Crippen LogP contribution in [0.15, 0.2) is 91.0 Å². The summed E-state index contributed by atoms with van der Waals surface area (Å²) in [6, 6.07) is 28.9. The lowest BCUT2D eigenvalue weighted by Crippen LogP contribution is -2.16. The van der Waals surface area contributed by atoms with E-state index in [1.165, 1.54) is 0 Å². The molecule has 1 heterocycles. The minimum atomic E-state index is -0.143. The molecule has 38 heavy (non-hydrogen) atoms. The zero-order chi connectivity index (χ0) is 26.6. The highest BCUT2D eigenvalue weighted by molar-refractivity contribution is 6.30. The summed E-state index contributed by atoms with van der Waals surface area (Å²) in [6.45, 7) is 2.64. The van der Waals surface area contributed by atoms with Gasteiger partial charge in [-0.2, -0.15) is 0 Å². The third kappa shape index (κ3) is 5.67. The van der Waals surface area contributed by atoms with Crippen LogP contribution in [0.2, 0.25) is 5.02 Å². The first-order valence-electron chi connectivity index (χ1n) is 12.3. The number of aryl methyl sites for hydroxylation is 1. The monoisotopic (exact) mass is 521 g/mol. The van der Waals surface area contributed by atoms with Crippen LogP contribution >= 0.6 is 11.6 Å². The fraction of sp³-hybridized carbons (Fsp3) is 0.129. The quantitative estimate of drug-likeness (QED) is 0.235. The van der Waals surface area contributed by atoms with Crippen molar-refractivity contribution in [3.63, 3.8) is 0 Å². The topological polar surface area (TPSA) is 70.2 Å². The van der Waals surface area contributed by atoms with E-state index in [0.717, 1.165) is 44.7 Å². The van der Waals surface area contributed by atoms with Gasteiger partial charge in [0.2, 0.25) is 5.95 Å². The second-order valence-corrected chi connectivity index (χ2v) is 9.86. The Morgan fingerprint density at radius 1 is 0.868 bits per heavy atom. The third-order valence-corrected chi connectivity index (χ3v) is 6.44. The highest BCUT2D eigenvalue weighted by atomic mass is 35.5. The van der Waals surface area contributed by atoms with E-state index in [0.29, 0.717) is 23.1 Å². The maximum Gasteiger partial charge on any atom is 0.255 e. The number of hydrogen-bond donors (Lipinski definition) is 2. The molecule has 1 amide bonds. The molecular weight excluding hydrogens is 494 g/mol. The summed E-state index contributed by atoms with van der Waals surface area (Å²) in [5.41, 5.74) is 6.82. The number of carbonyl (C=O) groups excluding carboxylic acids is 1. The summed E-state index contributed by atoms with van der Waals surface area (Å²) < 4.78 is 0. The molecule has 1 aromatic heterocycles. The van der Waals surface area contributed by atoms with E-state index in [1.54, 1.807) is 12.1 Å². The van der Waals surface area contributed by atoms with Gasteiger partial charge in [0.05, 0.1) is 11.2 Å². The van der Waals surface area contributed by atoms with Gasteiger partial charge in [-0.1, -0.05) is 60.1 Å². The Morgan fingerprint density at radius 3 is 2.32 bits per heavy atom. The molecule has 7 heteroatoms. The van der Waals surface area contributed by atoms with E-state index in [2.05, 4.69) is 15.5 Å². The van der Waals surface area contributed by atoms with E-state index in [4.69, 9.17) is 21.6 Å². The van der Waals surface area contributed by atoms with Gasteiger partial charge in [0, 0.05) is 39.5 Å². The van der Waals surface area contributed by atoms with E-state index in [1.807, 2.05) is 99.9 Å². The van der Waals surface area contributed by atoms with Gasteiger partial charge in [-0.05, 0) is 74.6 Å². The Balaban J connectivity index is 1.53. The van der Waals surface area contributed by atoms with Gasteiger partial charge in [0.15, 0.2) is 0 Å². The van der Waals surface area contributed by atoms with Crippen LogP contribution in [0.1, 0.15) is 21.5 Å². The van der Waals surface area contributed by atoms with Crippen LogP contribution in [0.5, 0.6) is 0 Å². The van der Waals surface area contributed by atoms with Gasteiger partial charge in [-0.15, -0.1) is 0 Å². The molecule has 0 atom stereocenters. The third-order valence-electron chi connectivity index (χ3n) is 6.19. The molecule has 0 saturated carbocycles. The molecule has 0 unspecified atom stereocenters. The molecule has 5 rings (SSSR count). The predicted molar refractivity (Wildman–Crippen MR) is 156 cm³/mol. The van der Waals surface area contributed by atoms with Crippen LogP contribution in [0.3, 0.4) is 0 Å². The van der Waals surface area contributed by atoms with Crippen molar-refractivity contribution in [1.29, 1.82) is 0 Å². The molecule has 0 saturated heterocycles. The van der Waals surface area contributed by atoms with E-state index >= 15 is 0 Å². The highest BCUT2D eigenvalue weighted by Gasteiger charge is 2.15. The smallest absolute Gasteiger partial charge is 0.255 e. The number of nitrogens with zero attached hydrogens (tertiary/aromatic N) is 3. The summed E-state index contributed by atoms with van der Waals surface area (Å²) in [5, 5.41) is 8.16. The normalized spacial score (nSPS) is 11.1. The zero-order valence-corrected chi connectivity index (χ0v) is 22.3. The van der Waals surface area contributed by atoms with Gasteiger partial charge in [0.1, 0.15) is 0 Å². The average molecular weight is 522 g/mol. The fourth-order valence-corrected chi connectivity index (χ4v) is 4.47. The van der Waals surface area contributed by atoms with Gasteiger partial charge < -0.3 is 15.5 Å². The summed E-state index contributed by atoms with van der Waals surface area (Å²) in [4.78, 5) is 24.6. The zero-order valence-electron chi connectivity index (χ0n) is 21.5. The number of fused-ring (bicyclic) bond motifs is 1. The molecule has 0 bridgehead atoms. The number of para-hydroxylation sites is 1. The number of hydrogen-bond acceptors (Lipinski definition) is 5. The number of benzene rings is 4. The highest BCUT2D eigenvalue weighted by Crippen LogP contribution is 2.32. The Labute approximate surface area is 227 Å². The Kier molecular flexibility index (Phi) is 7.36. The minimum absolute atomic E-state index is 0.143. The summed E-state index contributed by atoms with van der Waals surface area (Å²) in [5.74, 6) is 0.352. The van der Waals surface area contributed by atoms with Crippen LogP contribution in [-0.4, -0.2) is 34.9 Å². The standard InChI is InChI=1S/C31H28ClN5O/c1-20-17-28(23(19-37(2)3)18-27(20)33-30(38)22-9-5-4-6-10-22)35-31-34-26-12-8-7-11-25(26)29(36-31)21-13-15-24(32)16-14-21/h4-18H,19H2,1-3H3,(H,33,38)(H,34,35,36). The van der Waals surface area contributed by atoms with Gasteiger partial charge in [-0.25, -0.2) is 9.97 Å². The fourth-order valence-electron chi connectivity index (χ4n) is 4.34. The first-order chi connectivity index (χ1) is 18.4. The lowest BCUT2D eigenvalue weighted by atomic mass is 10.1. The van der Waals surface area contributed by atoms with Crippen LogP contribution in [0.4, 0.5) is 17.3 Å². The molecule has 190 valence electrons. The summed E-state index contributed by atoms with van der Waals surface area (Å²) in [6.07, 6.45) is 0. The van der Waals surface area contributed by atoms with Crippen LogP contribution in [-0.2, 0) is 6.54 Å². The van der Waals surface area contributed by atoms with Gasteiger partial charge in [-0.3, -0.25) is 4.79 Å². The minimum Gasteiger partial charge on any atom is -0.324 e. The molecule has 4 aromatic carbocycles. The number of nitrogens with one attached hydrogen (secondary N) is 2. The molecular formula is C31H28ClN5O. The Morgan fingerprint density at radius 2 is 1.58 bits per heavy atom. The predicted octanol–water partition coefficient (Wildman–Crippen LogP) is 7.32. The number of halogens is 1. The van der Waals surface area contributed by atoms with Crippen molar-refractivity contribution in [3.05, 3.63) is 113 Å². The van der Waals surface area contributed by atoms with Crippen molar-refractivity contribution in [2.75, 3.05) is 24.7 Å². The van der Waals surface area contributed by atoms with Crippen molar-refractivity contribution in [1.82, 2.24) is 14.9 Å². The first kappa shape index (κ1) is 25.4. The largest absolute Gasteiger partial charge is 0.324 e. The average Bonchev–Trinajstić information content (AvgIpc) is 2.91. The van der Waals surface area contributed by atoms with E-state index < -0.39 is 0 Å². The lowest BCUT2D eigenvalue weighted by molar-refractivity contribution is 0.102. The molecule has 0 fully saturated rings. The number of aromatic nitrogens is 2. The van der Waals surface area contributed by atoms with Crippen LogP contribution in [0, 0.1) is 6.92 Å². The Bertz CT molecular complexity index is 1600. The summed E-state index contributed by atoms with van der Waals surface area (Å²) in [7, 11) is 4.02. The van der Waals surface area contributed by atoms with E-state index in [9.17, 15) is 4.79 Å². The van der Waals surface area contributed by atoms with E-state index in [-0.39, 0.29) is 5.91 Å². The molecule has 0 aliphatic carbocycles. The van der Waals surface area contributed by atoms with Crippen LogP contribution in [0.25, 0.3) is 22.2 Å². The Hall–Kier alpha value is -4.26. The van der Waals surface area contributed by atoms with Crippen molar-refractivity contribution in [2.45, 2.75) is 13.5 Å². The summed E-state index contributed by atoms with van der Waals surface area (Å²) >= 11 is 6.13.